The molecule has 5 nitrogen and oxygen atoms in total. The monoisotopic (exact) mass is 389 g/mol. The highest BCUT2D eigenvalue weighted by molar-refractivity contribution is 7.89. The fourth-order valence-electron chi connectivity index (χ4n) is 3.76. The molecule has 0 amide bonds. The average Bonchev–Trinajstić information content (AvgIpc) is 2.51. The predicted molar refractivity (Wildman–Crippen MR) is 106 cm³/mol. The van der Waals surface area contributed by atoms with Gasteiger partial charge < -0.3 is 9.47 Å². The molecule has 0 saturated carbocycles. The molecule has 1 N–H and O–H groups in total. The van der Waals surface area contributed by atoms with Crippen molar-refractivity contribution in [2.75, 3.05) is 7.11 Å². The average molecular weight is 390 g/mol. The summed E-state index contributed by atoms with van der Waals surface area (Å²) in [4.78, 5) is 0.307. The van der Waals surface area contributed by atoms with Crippen LogP contribution >= 0.6 is 0 Å². The van der Waals surface area contributed by atoms with Gasteiger partial charge >= 0.3 is 0 Å². The van der Waals surface area contributed by atoms with E-state index in [0.29, 0.717) is 28.2 Å². The molecule has 0 bridgehead atoms. The molecular formula is C21H27NO4S. The minimum atomic E-state index is -3.71. The molecule has 1 aliphatic rings. The van der Waals surface area contributed by atoms with Gasteiger partial charge in [0, 0.05) is 12.0 Å². The van der Waals surface area contributed by atoms with Gasteiger partial charge in [-0.2, -0.15) is 0 Å². The first kappa shape index (κ1) is 19.7. The normalized spacial score (nSPS) is 18.5. The van der Waals surface area contributed by atoms with Crippen molar-refractivity contribution in [1.29, 1.82) is 0 Å². The number of hydrogen-bond donors (Lipinski definition) is 1. The third kappa shape index (κ3) is 3.96. The molecule has 1 aliphatic heterocycles. The van der Waals surface area contributed by atoms with E-state index in [1.807, 2.05) is 39.0 Å². The van der Waals surface area contributed by atoms with Crippen LogP contribution in [0, 0.1) is 20.8 Å². The van der Waals surface area contributed by atoms with Gasteiger partial charge in [-0.25, -0.2) is 13.1 Å². The summed E-state index contributed by atoms with van der Waals surface area (Å²) in [6, 6.07) is 9.02. The van der Waals surface area contributed by atoms with Gasteiger partial charge in [-0.15, -0.1) is 0 Å². The lowest BCUT2D eigenvalue weighted by atomic mass is 9.90. The van der Waals surface area contributed by atoms with E-state index < -0.39 is 15.6 Å². The van der Waals surface area contributed by atoms with E-state index in [9.17, 15) is 8.42 Å². The molecule has 1 heterocycles. The first-order valence-corrected chi connectivity index (χ1v) is 10.5. The number of fused-ring (bicyclic) bond motifs is 1. The summed E-state index contributed by atoms with van der Waals surface area (Å²) >= 11 is 0. The molecule has 2 aromatic rings. The third-order valence-corrected chi connectivity index (χ3v) is 6.64. The van der Waals surface area contributed by atoms with Gasteiger partial charge in [-0.1, -0.05) is 12.1 Å². The van der Waals surface area contributed by atoms with Gasteiger partial charge in [-0.3, -0.25) is 0 Å². The molecule has 0 aliphatic carbocycles. The van der Waals surface area contributed by atoms with Crippen LogP contribution in [0.2, 0.25) is 0 Å². The molecule has 0 saturated heterocycles. The number of aryl methyl sites for hydroxylation is 3. The molecular weight excluding hydrogens is 362 g/mol. The van der Waals surface area contributed by atoms with Crippen molar-refractivity contribution in [3.8, 4) is 11.5 Å². The van der Waals surface area contributed by atoms with Crippen LogP contribution in [0.4, 0.5) is 0 Å². The number of hydrogen-bond acceptors (Lipinski definition) is 4. The maximum atomic E-state index is 13.2. The Morgan fingerprint density at radius 2 is 1.74 bits per heavy atom. The van der Waals surface area contributed by atoms with Crippen LogP contribution in [0.5, 0.6) is 11.5 Å². The lowest BCUT2D eigenvalue weighted by molar-refractivity contribution is 0.0701. The molecule has 6 heteroatoms. The van der Waals surface area contributed by atoms with Crippen LogP contribution in [0.15, 0.2) is 35.2 Å². The number of nitrogens with one attached hydrogen (secondary N) is 1. The Hall–Kier alpha value is -2.05. The van der Waals surface area contributed by atoms with Gasteiger partial charge in [0.2, 0.25) is 10.0 Å². The number of rotatable bonds is 4. The molecule has 27 heavy (non-hydrogen) atoms. The SMILES string of the molecule is COc1cc(C)c(S(=O)(=O)N[C@@H]2CC(C)(C)Oc3cc(C)ccc32)c(C)c1. The standard InChI is InChI=1S/C21H27NO4S/c1-13-7-8-17-18(12-21(4,5)26-19(17)9-13)22-27(23,24)20-14(2)10-16(25-6)11-15(20)3/h7-11,18,22H,12H2,1-6H3/t18-/m1/s1. The summed E-state index contributed by atoms with van der Waals surface area (Å²) in [7, 11) is -2.14. The predicted octanol–water partition coefficient (Wildman–Crippen LogP) is 4.20. The number of benzene rings is 2. The molecule has 1 atom stereocenters. The minimum absolute atomic E-state index is 0.307. The van der Waals surface area contributed by atoms with Crippen LogP contribution in [0.3, 0.4) is 0 Å². The summed E-state index contributed by atoms with van der Waals surface area (Å²) in [6.07, 6.45) is 0.552. The Balaban J connectivity index is 2.02. The summed E-state index contributed by atoms with van der Waals surface area (Å²) in [5, 5.41) is 0. The van der Waals surface area contributed by atoms with Gasteiger partial charge in [0.1, 0.15) is 17.1 Å². The van der Waals surface area contributed by atoms with Crippen LogP contribution in [-0.4, -0.2) is 21.1 Å². The van der Waals surface area contributed by atoms with E-state index in [2.05, 4.69) is 4.72 Å². The zero-order valence-electron chi connectivity index (χ0n) is 16.7. The first-order valence-electron chi connectivity index (χ1n) is 8.99. The lowest BCUT2D eigenvalue weighted by Crippen LogP contribution is -2.41. The largest absolute Gasteiger partial charge is 0.497 e. The highest BCUT2D eigenvalue weighted by Crippen LogP contribution is 2.41. The molecule has 0 aromatic heterocycles. The maximum Gasteiger partial charge on any atom is 0.241 e. The smallest absolute Gasteiger partial charge is 0.241 e. The van der Waals surface area contributed by atoms with Gasteiger partial charge in [0.15, 0.2) is 0 Å². The zero-order chi connectivity index (χ0) is 20.0. The van der Waals surface area contributed by atoms with E-state index >= 15 is 0 Å². The van der Waals surface area contributed by atoms with Crippen molar-refractivity contribution in [3.05, 3.63) is 52.6 Å². The van der Waals surface area contributed by atoms with E-state index in [-0.39, 0.29) is 6.04 Å². The van der Waals surface area contributed by atoms with Crippen LogP contribution in [0.1, 0.15) is 48.6 Å². The Bertz CT molecular complexity index is 957. The second kappa shape index (κ2) is 6.84. The van der Waals surface area contributed by atoms with Crippen molar-refractivity contribution >= 4 is 10.0 Å². The molecule has 0 spiro atoms. The molecule has 0 fully saturated rings. The number of methoxy groups -OCH3 is 1. The molecule has 2 aromatic carbocycles. The summed E-state index contributed by atoms with van der Waals surface area (Å²) in [5.41, 5.74) is 2.81. The highest BCUT2D eigenvalue weighted by Gasteiger charge is 2.36. The van der Waals surface area contributed by atoms with Crippen LogP contribution in [-0.2, 0) is 10.0 Å². The van der Waals surface area contributed by atoms with Gasteiger partial charge in [0.25, 0.3) is 0 Å². The Labute approximate surface area is 161 Å². The quantitative estimate of drug-likeness (QED) is 0.851. The molecule has 0 radical (unpaired) electrons. The second-order valence-corrected chi connectivity index (χ2v) is 9.52. The molecule has 0 unspecified atom stereocenters. The van der Waals surface area contributed by atoms with Crippen molar-refractivity contribution < 1.29 is 17.9 Å². The van der Waals surface area contributed by atoms with E-state index in [1.54, 1.807) is 33.1 Å². The topological polar surface area (TPSA) is 64.6 Å². The molecule has 3 rings (SSSR count). The number of sulfonamides is 1. The Morgan fingerprint density at radius 3 is 2.33 bits per heavy atom. The third-order valence-electron chi connectivity index (χ3n) is 4.86. The zero-order valence-corrected chi connectivity index (χ0v) is 17.5. The van der Waals surface area contributed by atoms with E-state index in [0.717, 1.165) is 16.9 Å². The van der Waals surface area contributed by atoms with Crippen molar-refractivity contribution in [2.24, 2.45) is 0 Å². The number of ether oxygens (including phenoxy) is 2. The van der Waals surface area contributed by atoms with E-state index in [4.69, 9.17) is 9.47 Å². The fraction of sp³-hybridized carbons (Fsp3) is 0.429. The Kier molecular flexibility index (Phi) is 4.99. The summed E-state index contributed by atoms with van der Waals surface area (Å²) < 4.78 is 40.7. The fourth-order valence-corrected chi connectivity index (χ4v) is 5.43. The summed E-state index contributed by atoms with van der Waals surface area (Å²) in [6.45, 7) is 9.52. The molecule has 146 valence electrons. The van der Waals surface area contributed by atoms with Crippen molar-refractivity contribution in [2.45, 2.75) is 57.6 Å². The minimum Gasteiger partial charge on any atom is -0.497 e. The van der Waals surface area contributed by atoms with Crippen molar-refractivity contribution in [1.82, 2.24) is 4.72 Å². The van der Waals surface area contributed by atoms with Crippen LogP contribution < -0.4 is 14.2 Å². The Morgan fingerprint density at radius 1 is 1.11 bits per heavy atom. The first-order chi connectivity index (χ1) is 12.5. The highest BCUT2D eigenvalue weighted by atomic mass is 32.2. The van der Waals surface area contributed by atoms with Gasteiger partial charge in [-0.05, 0) is 69.5 Å². The lowest BCUT2D eigenvalue weighted by Gasteiger charge is -2.38. The van der Waals surface area contributed by atoms with Crippen molar-refractivity contribution in [3.63, 3.8) is 0 Å². The summed E-state index contributed by atoms with van der Waals surface area (Å²) in [5.74, 6) is 1.39. The second-order valence-electron chi connectivity index (χ2n) is 7.87. The maximum absolute atomic E-state index is 13.2. The van der Waals surface area contributed by atoms with E-state index in [1.165, 1.54) is 0 Å². The van der Waals surface area contributed by atoms with Gasteiger partial charge in [0.05, 0.1) is 18.0 Å². The van der Waals surface area contributed by atoms with Crippen LogP contribution in [0.25, 0.3) is 0 Å².